The third-order valence-corrected chi connectivity index (χ3v) is 5.61. The van der Waals surface area contributed by atoms with E-state index in [4.69, 9.17) is 13.7 Å². The fourth-order valence-electron chi connectivity index (χ4n) is 2.81. The van der Waals surface area contributed by atoms with Gasteiger partial charge in [-0.1, -0.05) is 48.0 Å². The lowest BCUT2D eigenvalue weighted by Gasteiger charge is -2.27. The number of aryl methyl sites for hydroxylation is 1. The van der Waals surface area contributed by atoms with E-state index in [0.29, 0.717) is 6.61 Å². The van der Waals surface area contributed by atoms with E-state index < -0.39 is 16.2 Å². The molecule has 3 rings (SSSR count). The molecule has 1 fully saturated rings. The van der Waals surface area contributed by atoms with Crippen molar-refractivity contribution >= 4 is 10.1 Å². The third-order valence-electron chi connectivity index (χ3n) is 4.31. The summed E-state index contributed by atoms with van der Waals surface area (Å²) in [6.07, 6.45) is 2.01. The molecule has 0 aliphatic carbocycles. The number of ether oxygens (including phenoxy) is 2. The average molecular weight is 376 g/mol. The summed E-state index contributed by atoms with van der Waals surface area (Å²) in [5.41, 5.74) is 1.85. The lowest BCUT2D eigenvalue weighted by Crippen LogP contribution is -2.27. The molecule has 1 aliphatic rings. The monoisotopic (exact) mass is 376 g/mol. The maximum absolute atomic E-state index is 12.5. The van der Waals surface area contributed by atoms with Gasteiger partial charge in [0.25, 0.3) is 10.1 Å². The van der Waals surface area contributed by atoms with Crippen molar-refractivity contribution in [3.8, 4) is 0 Å². The minimum atomic E-state index is -3.84. The van der Waals surface area contributed by atoms with E-state index in [-0.39, 0.29) is 17.8 Å². The van der Waals surface area contributed by atoms with Gasteiger partial charge in [0.05, 0.1) is 11.5 Å². The van der Waals surface area contributed by atoms with Crippen LogP contribution in [0.2, 0.25) is 0 Å². The molecule has 2 atom stereocenters. The van der Waals surface area contributed by atoms with E-state index >= 15 is 0 Å². The Morgan fingerprint density at radius 1 is 1.08 bits per heavy atom. The Morgan fingerprint density at radius 2 is 1.81 bits per heavy atom. The van der Waals surface area contributed by atoms with Gasteiger partial charge in [0.2, 0.25) is 0 Å². The van der Waals surface area contributed by atoms with Crippen LogP contribution in [0.1, 0.15) is 36.5 Å². The summed E-state index contributed by atoms with van der Waals surface area (Å²) in [6.45, 7) is 2.47. The molecule has 140 valence electrons. The van der Waals surface area contributed by atoms with E-state index in [1.165, 1.54) is 0 Å². The van der Waals surface area contributed by atoms with Crippen LogP contribution >= 0.6 is 0 Å². The molecule has 0 N–H and O–H groups in total. The largest absolute Gasteiger partial charge is 0.353 e. The van der Waals surface area contributed by atoms with Crippen LogP contribution in [0.3, 0.4) is 0 Å². The van der Waals surface area contributed by atoms with Gasteiger partial charge in [-0.25, -0.2) is 0 Å². The predicted octanol–water partition coefficient (Wildman–Crippen LogP) is 3.98. The highest BCUT2D eigenvalue weighted by Crippen LogP contribution is 2.26. The molecule has 2 unspecified atom stereocenters. The molecule has 26 heavy (non-hydrogen) atoms. The Labute approximate surface area is 155 Å². The first-order chi connectivity index (χ1) is 12.5. The molecule has 1 saturated heterocycles. The molecule has 0 aromatic heterocycles. The Kier molecular flexibility index (Phi) is 6.43. The Hall–Kier alpha value is -1.73. The van der Waals surface area contributed by atoms with Crippen LogP contribution in [-0.2, 0) is 23.8 Å². The summed E-state index contributed by atoms with van der Waals surface area (Å²) in [5.74, 6) is 0. The zero-order valence-corrected chi connectivity index (χ0v) is 15.7. The lowest BCUT2D eigenvalue weighted by atomic mass is 10.1. The molecule has 0 bridgehead atoms. The quantitative estimate of drug-likeness (QED) is 0.684. The van der Waals surface area contributed by atoms with Gasteiger partial charge in [-0.15, -0.1) is 0 Å². The highest BCUT2D eigenvalue weighted by atomic mass is 32.2. The van der Waals surface area contributed by atoms with Gasteiger partial charge in [-0.2, -0.15) is 8.42 Å². The Balaban J connectivity index is 1.71. The number of hydrogen-bond donors (Lipinski definition) is 0. The average Bonchev–Trinajstić information content (AvgIpc) is 2.67. The van der Waals surface area contributed by atoms with Gasteiger partial charge < -0.3 is 9.47 Å². The lowest BCUT2D eigenvalue weighted by molar-refractivity contribution is -0.195. The number of benzene rings is 2. The van der Waals surface area contributed by atoms with Gasteiger partial charge in [-0.3, -0.25) is 4.18 Å². The minimum Gasteiger partial charge on any atom is -0.353 e. The molecule has 6 heteroatoms. The van der Waals surface area contributed by atoms with Gasteiger partial charge in [0, 0.05) is 6.61 Å². The summed E-state index contributed by atoms with van der Waals surface area (Å²) in [6, 6.07) is 16.1. The van der Waals surface area contributed by atoms with Gasteiger partial charge in [0.15, 0.2) is 6.29 Å². The molecular weight excluding hydrogens is 352 g/mol. The molecule has 1 heterocycles. The molecular formula is C20H24O5S. The van der Waals surface area contributed by atoms with Crippen LogP contribution in [0.5, 0.6) is 0 Å². The van der Waals surface area contributed by atoms with Crippen molar-refractivity contribution in [3.63, 3.8) is 0 Å². The van der Waals surface area contributed by atoms with Crippen molar-refractivity contribution in [2.75, 3.05) is 13.2 Å². The normalized spacial score (nSPS) is 19.2. The van der Waals surface area contributed by atoms with Crippen LogP contribution < -0.4 is 0 Å². The van der Waals surface area contributed by atoms with Crippen LogP contribution in [0.15, 0.2) is 59.5 Å². The van der Waals surface area contributed by atoms with Crippen molar-refractivity contribution in [2.24, 2.45) is 0 Å². The zero-order chi connectivity index (χ0) is 18.4. The van der Waals surface area contributed by atoms with E-state index in [1.54, 1.807) is 24.3 Å². The predicted molar refractivity (Wildman–Crippen MR) is 98.2 cm³/mol. The maximum Gasteiger partial charge on any atom is 0.297 e. The fraction of sp³-hybridized carbons (Fsp3) is 0.400. The van der Waals surface area contributed by atoms with Gasteiger partial charge >= 0.3 is 0 Å². The van der Waals surface area contributed by atoms with Crippen LogP contribution in [-0.4, -0.2) is 27.9 Å². The van der Waals surface area contributed by atoms with Crippen LogP contribution in [0.4, 0.5) is 0 Å². The van der Waals surface area contributed by atoms with E-state index in [9.17, 15) is 8.42 Å². The summed E-state index contributed by atoms with van der Waals surface area (Å²) in [4.78, 5) is 0.142. The van der Waals surface area contributed by atoms with Crippen molar-refractivity contribution in [2.45, 2.75) is 43.5 Å². The Morgan fingerprint density at radius 3 is 2.46 bits per heavy atom. The first kappa shape index (κ1) is 19.0. The van der Waals surface area contributed by atoms with Crippen LogP contribution in [0.25, 0.3) is 0 Å². The molecule has 5 nitrogen and oxygen atoms in total. The van der Waals surface area contributed by atoms with Gasteiger partial charge in [-0.05, 0) is 43.9 Å². The summed E-state index contributed by atoms with van der Waals surface area (Å²) >= 11 is 0. The summed E-state index contributed by atoms with van der Waals surface area (Å²) in [5, 5.41) is 0. The topological polar surface area (TPSA) is 61.8 Å². The third kappa shape index (κ3) is 5.14. The SMILES string of the molecule is Cc1ccc(S(=O)(=O)OCC(OC2CCCCO2)c2ccccc2)cc1. The molecule has 0 radical (unpaired) electrons. The second-order valence-corrected chi connectivity index (χ2v) is 8.00. The highest BCUT2D eigenvalue weighted by Gasteiger charge is 2.24. The van der Waals surface area contributed by atoms with Crippen molar-refractivity contribution in [1.29, 1.82) is 0 Å². The fourth-order valence-corrected chi connectivity index (χ4v) is 3.72. The standard InChI is InChI=1S/C20H24O5S/c1-16-10-12-18(13-11-16)26(21,22)24-15-19(17-7-3-2-4-8-17)25-20-9-5-6-14-23-20/h2-4,7-8,10-13,19-20H,5-6,9,14-15H2,1H3. The summed E-state index contributed by atoms with van der Waals surface area (Å²) < 4.78 is 41.9. The second kappa shape index (κ2) is 8.77. The second-order valence-electron chi connectivity index (χ2n) is 6.38. The van der Waals surface area contributed by atoms with Gasteiger partial charge in [0.1, 0.15) is 6.10 Å². The number of rotatable bonds is 7. The Bertz CT molecular complexity index is 781. The van der Waals surface area contributed by atoms with E-state index in [2.05, 4.69) is 0 Å². The maximum atomic E-state index is 12.5. The number of hydrogen-bond acceptors (Lipinski definition) is 5. The molecule has 2 aromatic carbocycles. The molecule has 1 aliphatic heterocycles. The van der Waals surface area contributed by atoms with Crippen molar-refractivity contribution in [1.82, 2.24) is 0 Å². The molecule has 2 aromatic rings. The van der Waals surface area contributed by atoms with E-state index in [0.717, 1.165) is 30.4 Å². The minimum absolute atomic E-state index is 0.0971. The first-order valence-electron chi connectivity index (χ1n) is 8.83. The summed E-state index contributed by atoms with van der Waals surface area (Å²) in [7, 11) is -3.84. The smallest absolute Gasteiger partial charge is 0.297 e. The van der Waals surface area contributed by atoms with Crippen molar-refractivity contribution in [3.05, 3.63) is 65.7 Å². The van der Waals surface area contributed by atoms with Crippen LogP contribution in [0, 0.1) is 6.92 Å². The zero-order valence-electron chi connectivity index (χ0n) is 14.8. The molecule has 0 amide bonds. The van der Waals surface area contributed by atoms with E-state index in [1.807, 2.05) is 37.3 Å². The highest BCUT2D eigenvalue weighted by molar-refractivity contribution is 7.86. The van der Waals surface area contributed by atoms with Crippen molar-refractivity contribution < 1.29 is 22.1 Å². The first-order valence-corrected chi connectivity index (χ1v) is 10.2. The molecule has 0 spiro atoms. The molecule has 0 saturated carbocycles.